The van der Waals surface area contributed by atoms with Crippen LogP contribution in [0.3, 0.4) is 0 Å². The third-order valence-corrected chi connectivity index (χ3v) is 3.20. The molecule has 0 spiro atoms. The summed E-state index contributed by atoms with van der Waals surface area (Å²) in [6, 6.07) is 0. The molecule has 1 aromatic heterocycles. The standard InChI is InChI=1S/C12H23N3OS/c1-4-16-7-5-6-11-14-15-12(17-11)9-13-8-10(2)3/h10,13H,4-9H2,1-3H3. The average molecular weight is 257 g/mol. The fourth-order valence-electron chi connectivity index (χ4n) is 1.40. The molecule has 1 heterocycles. The van der Waals surface area contributed by atoms with Crippen molar-refractivity contribution in [2.75, 3.05) is 19.8 Å². The van der Waals surface area contributed by atoms with E-state index in [4.69, 9.17) is 4.74 Å². The quantitative estimate of drug-likeness (QED) is 0.689. The first kappa shape index (κ1) is 14.5. The van der Waals surface area contributed by atoms with Crippen LogP contribution < -0.4 is 5.32 Å². The lowest BCUT2D eigenvalue weighted by Crippen LogP contribution is -2.18. The molecule has 5 heteroatoms. The summed E-state index contributed by atoms with van der Waals surface area (Å²) < 4.78 is 5.30. The molecule has 0 amide bonds. The second-order valence-corrected chi connectivity index (χ2v) is 5.56. The highest BCUT2D eigenvalue weighted by molar-refractivity contribution is 7.11. The van der Waals surface area contributed by atoms with E-state index in [1.807, 2.05) is 6.92 Å². The Balaban J connectivity index is 2.18. The molecule has 0 aliphatic carbocycles. The van der Waals surface area contributed by atoms with E-state index in [0.29, 0.717) is 5.92 Å². The van der Waals surface area contributed by atoms with Crippen molar-refractivity contribution < 1.29 is 4.74 Å². The number of rotatable bonds is 9. The van der Waals surface area contributed by atoms with Gasteiger partial charge in [0.2, 0.25) is 0 Å². The van der Waals surface area contributed by atoms with Crippen molar-refractivity contribution in [3.8, 4) is 0 Å². The predicted octanol–water partition coefficient (Wildman–Crippen LogP) is 2.25. The number of ether oxygens (including phenoxy) is 1. The van der Waals surface area contributed by atoms with E-state index < -0.39 is 0 Å². The van der Waals surface area contributed by atoms with Crippen molar-refractivity contribution in [1.29, 1.82) is 0 Å². The van der Waals surface area contributed by atoms with Gasteiger partial charge in [-0.15, -0.1) is 21.5 Å². The second-order valence-electron chi connectivity index (χ2n) is 4.41. The minimum Gasteiger partial charge on any atom is -0.382 e. The number of aromatic nitrogens is 2. The van der Waals surface area contributed by atoms with E-state index in [1.54, 1.807) is 11.3 Å². The van der Waals surface area contributed by atoms with E-state index in [-0.39, 0.29) is 0 Å². The topological polar surface area (TPSA) is 47.0 Å². The van der Waals surface area contributed by atoms with Crippen molar-refractivity contribution in [2.45, 2.75) is 40.2 Å². The molecule has 0 bridgehead atoms. The molecule has 98 valence electrons. The van der Waals surface area contributed by atoms with E-state index in [2.05, 4.69) is 29.4 Å². The molecule has 0 aromatic carbocycles. The Bertz CT molecular complexity index is 302. The smallest absolute Gasteiger partial charge is 0.131 e. The maximum Gasteiger partial charge on any atom is 0.131 e. The zero-order chi connectivity index (χ0) is 12.5. The highest BCUT2D eigenvalue weighted by Crippen LogP contribution is 2.11. The molecule has 1 rings (SSSR count). The minimum absolute atomic E-state index is 0.675. The summed E-state index contributed by atoms with van der Waals surface area (Å²) in [5, 5.41) is 13.9. The van der Waals surface area contributed by atoms with Gasteiger partial charge in [0, 0.05) is 26.2 Å². The predicted molar refractivity (Wildman–Crippen MR) is 71.3 cm³/mol. The Kier molecular flexibility index (Phi) is 7.32. The summed E-state index contributed by atoms with van der Waals surface area (Å²) >= 11 is 1.70. The zero-order valence-electron chi connectivity index (χ0n) is 11.0. The van der Waals surface area contributed by atoms with Crippen LogP contribution in [0, 0.1) is 5.92 Å². The third-order valence-electron chi connectivity index (χ3n) is 2.22. The normalized spacial score (nSPS) is 11.3. The van der Waals surface area contributed by atoms with Gasteiger partial charge < -0.3 is 10.1 Å². The van der Waals surface area contributed by atoms with Gasteiger partial charge in [-0.3, -0.25) is 0 Å². The van der Waals surface area contributed by atoms with Crippen LogP contribution in [0.4, 0.5) is 0 Å². The number of aryl methyl sites for hydroxylation is 1. The van der Waals surface area contributed by atoms with Crippen LogP contribution in [0.15, 0.2) is 0 Å². The molecule has 0 fully saturated rings. The number of nitrogens with zero attached hydrogens (tertiary/aromatic N) is 2. The molecule has 0 aliphatic rings. The van der Waals surface area contributed by atoms with Crippen LogP contribution in [-0.2, 0) is 17.7 Å². The summed E-state index contributed by atoms with van der Waals surface area (Å²) in [7, 11) is 0. The van der Waals surface area contributed by atoms with E-state index in [1.165, 1.54) is 0 Å². The van der Waals surface area contributed by atoms with Gasteiger partial charge in [0.15, 0.2) is 0 Å². The van der Waals surface area contributed by atoms with Gasteiger partial charge in [0.25, 0.3) is 0 Å². The van der Waals surface area contributed by atoms with Crippen molar-refractivity contribution in [1.82, 2.24) is 15.5 Å². The third kappa shape index (κ3) is 6.71. The SMILES string of the molecule is CCOCCCc1nnc(CNCC(C)C)s1. The largest absolute Gasteiger partial charge is 0.382 e. The van der Waals surface area contributed by atoms with Gasteiger partial charge in [-0.2, -0.15) is 0 Å². The lowest BCUT2D eigenvalue weighted by molar-refractivity contribution is 0.145. The van der Waals surface area contributed by atoms with Crippen LogP contribution >= 0.6 is 11.3 Å². The van der Waals surface area contributed by atoms with Crippen molar-refractivity contribution in [3.63, 3.8) is 0 Å². The van der Waals surface area contributed by atoms with E-state index in [0.717, 1.165) is 49.2 Å². The number of hydrogen-bond acceptors (Lipinski definition) is 5. The maximum atomic E-state index is 5.30. The van der Waals surface area contributed by atoms with Gasteiger partial charge in [-0.05, 0) is 25.8 Å². The molecule has 0 saturated carbocycles. The summed E-state index contributed by atoms with van der Waals surface area (Å²) in [5.41, 5.74) is 0. The Hall–Kier alpha value is -0.520. The van der Waals surface area contributed by atoms with E-state index in [9.17, 15) is 0 Å². The second kappa shape index (κ2) is 8.55. The summed E-state index contributed by atoms with van der Waals surface area (Å²) in [5.74, 6) is 0.675. The minimum atomic E-state index is 0.675. The molecule has 0 atom stereocenters. The highest BCUT2D eigenvalue weighted by Gasteiger charge is 2.04. The molecule has 0 aliphatic heterocycles. The average Bonchev–Trinajstić information content (AvgIpc) is 2.72. The number of nitrogens with one attached hydrogen (secondary N) is 1. The molecular weight excluding hydrogens is 234 g/mol. The molecular formula is C12H23N3OS. The van der Waals surface area contributed by atoms with Crippen LogP contribution in [0.2, 0.25) is 0 Å². The molecule has 0 radical (unpaired) electrons. The fraction of sp³-hybridized carbons (Fsp3) is 0.833. The van der Waals surface area contributed by atoms with Crippen LogP contribution in [0.5, 0.6) is 0 Å². The fourth-order valence-corrected chi connectivity index (χ4v) is 2.25. The Morgan fingerprint density at radius 2 is 2.06 bits per heavy atom. The van der Waals surface area contributed by atoms with Crippen molar-refractivity contribution in [3.05, 3.63) is 10.0 Å². The summed E-state index contributed by atoms with van der Waals surface area (Å²) in [6.07, 6.45) is 2.00. The maximum absolute atomic E-state index is 5.30. The first-order valence-electron chi connectivity index (χ1n) is 6.32. The summed E-state index contributed by atoms with van der Waals surface area (Å²) in [6.45, 7) is 9.89. The monoisotopic (exact) mass is 257 g/mol. The van der Waals surface area contributed by atoms with Crippen LogP contribution in [0.1, 0.15) is 37.2 Å². The van der Waals surface area contributed by atoms with Crippen LogP contribution in [0.25, 0.3) is 0 Å². The first-order chi connectivity index (χ1) is 8.22. The molecule has 1 N–H and O–H groups in total. The summed E-state index contributed by atoms with van der Waals surface area (Å²) in [4.78, 5) is 0. The lowest BCUT2D eigenvalue weighted by Gasteiger charge is -2.03. The van der Waals surface area contributed by atoms with Gasteiger partial charge in [-0.25, -0.2) is 0 Å². The van der Waals surface area contributed by atoms with Gasteiger partial charge >= 0.3 is 0 Å². The first-order valence-corrected chi connectivity index (χ1v) is 7.13. The van der Waals surface area contributed by atoms with Crippen molar-refractivity contribution >= 4 is 11.3 Å². The Morgan fingerprint density at radius 3 is 2.76 bits per heavy atom. The van der Waals surface area contributed by atoms with Gasteiger partial charge in [-0.1, -0.05) is 13.8 Å². The molecule has 17 heavy (non-hydrogen) atoms. The Morgan fingerprint density at radius 1 is 1.29 bits per heavy atom. The zero-order valence-corrected chi connectivity index (χ0v) is 11.8. The van der Waals surface area contributed by atoms with E-state index >= 15 is 0 Å². The molecule has 0 saturated heterocycles. The lowest BCUT2D eigenvalue weighted by atomic mass is 10.2. The van der Waals surface area contributed by atoms with Crippen LogP contribution in [-0.4, -0.2) is 30.0 Å². The Labute approximate surface area is 108 Å². The number of hydrogen-bond donors (Lipinski definition) is 1. The molecule has 4 nitrogen and oxygen atoms in total. The molecule has 0 unspecified atom stereocenters. The van der Waals surface area contributed by atoms with Gasteiger partial charge in [0.05, 0.1) is 0 Å². The highest BCUT2D eigenvalue weighted by atomic mass is 32.1. The van der Waals surface area contributed by atoms with Crippen molar-refractivity contribution in [2.24, 2.45) is 5.92 Å². The van der Waals surface area contributed by atoms with Gasteiger partial charge in [0.1, 0.15) is 10.0 Å². The molecule has 1 aromatic rings.